The molecule has 0 aliphatic carbocycles. The Balaban J connectivity index is 2.32. The molecule has 0 bridgehead atoms. The molecule has 0 spiro atoms. The molecule has 19 heavy (non-hydrogen) atoms. The van der Waals surface area contributed by atoms with Crippen molar-refractivity contribution in [3.05, 3.63) is 30.1 Å². The third kappa shape index (κ3) is 2.70. The Hall–Kier alpha value is -1.64. The molecule has 1 heterocycles. The minimum Gasteiger partial charge on any atom is -0.328 e. The Labute approximate surface area is 114 Å². The van der Waals surface area contributed by atoms with Gasteiger partial charge in [-0.25, -0.2) is 4.98 Å². The van der Waals surface area contributed by atoms with E-state index in [4.69, 9.17) is 0 Å². The lowest BCUT2D eigenvalue weighted by Crippen LogP contribution is -2.20. The molecular formula is C16H22N2O. The quantitative estimate of drug-likeness (QED) is 0.823. The zero-order valence-corrected chi connectivity index (χ0v) is 12.2. The van der Waals surface area contributed by atoms with Crippen LogP contribution >= 0.6 is 0 Å². The van der Waals surface area contributed by atoms with E-state index < -0.39 is 0 Å². The number of aryl methyl sites for hydroxylation is 1. The van der Waals surface area contributed by atoms with Crippen molar-refractivity contribution in [2.45, 2.75) is 40.7 Å². The van der Waals surface area contributed by atoms with E-state index in [2.05, 4.69) is 36.4 Å². The van der Waals surface area contributed by atoms with Crippen LogP contribution in [0.25, 0.3) is 11.0 Å². The topological polar surface area (TPSA) is 34.9 Å². The van der Waals surface area contributed by atoms with Gasteiger partial charge in [-0.05, 0) is 25.0 Å². The molecule has 2 aromatic rings. The van der Waals surface area contributed by atoms with Gasteiger partial charge in [0.25, 0.3) is 0 Å². The van der Waals surface area contributed by atoms with Crippen LogP contribution in [0.2, 0.25) is 0 Å². The zero-order chi connectivity index (χ0) is 14.0. The summed E-state index contributed by atoms with van der Waals surface area (Å²) in [7, 11) is 0. The summed E-state index contributed by atoms with van der Waals surface area (Å²) in [6, 6.07) is 8.06. The van der Waals surface area contributed by atoms with Gasteiger partial charge in [-0.1, -0.05) is 32.9 Å². The Morgan fingerprint density at radius 3 is 2.58 bits per heavy atom. The maximum Gasteiger partial charge on any atom is 0.143 e. The van der Waals surface area contributed by atoms with Gasteiger partial charge in [-0.15, -0.1) is 0 Å². The summed E-state index contributed by atoms with van der Waals surface area (Å²) in [6.07, 6.45) is 0.432. The van der Waals surface area contributed by atoms with Gasteiger partial charge < -0.3 is 4.57 Å². The highest BCUT2D eigenvalue weighted by Crippen LogP contribution is 2.19. The maximum absolute atomic E-state index is 12.2. The van der Waals surface area contributed by atoms with Gasteiger partial charge in [0.2, 0.25) is 0 Å². The van der Waals surface area contributed by atoms with Gasteiger partial charge in [-0.3, -0.25) is 4.79 Å². The number of para-hydroxylation sites is 2. The van der Waals surface area contributed by atoms with Gasteiger partial charge in [0, 0.05) is 12.5 Å². The molecule has 0 aliphatic rings. The molecule has 3 nitrogen and oxygen atoms in total. The molecule has 2 rings (SSSR count). The van der Waals surface area contributed by atoms with Gasteiger partial charge in [-0.2, -0.15) is 0 Å². The van der Waals surface area contributed by atoms with Gasteiger partial charge >= 0.3 is 0 Å². The van der Waals surface area contributed by atoms with Crippen molar-refractivity contribution in [2.75, 3.05) is 0 Å². The van der Waals surface area contributed by atoms with Crippen LogP contribution in [0.4, 0.5) is 0 Å². The summed E-state index contributed by atoms with van der Waals surface area (Å²) in [4.78, 5) is 16.9. The number of hydrogen-bond donors (Lipinski definition) is 0. The van der Waals surface area contributed by atoms with Crippen molar-refractivity contribution < 1.29 is 4.79 Å². The van der Waals surface area contributed by atoms with Crippen molar-refractivity contribution in [1.29, 1.82) is 0 Å². The van der Waals surface area contributed by atoms with Crippen molar-refractivity contribution >= 4 is 16.8 Å². The van der Waals surface area contributed by atoms with Crippen molar-refractivity contribution in [2.24, 2.45) is 11.8 Å². The number of ketones is 1. The first-order valence-electron chi connectivity index (χ1n) is 7.01. The van der Waals surface area contributed by atoms with E-state index in [-0.39, 0.29) is 11.7 Å². The van der Waals surface area contributed by atoms with Crippen LogP contribution in [-0.2, 0) is 17.8 Å². The number of rotatable bonds is 5. The molecule has 0 N–H and O–H groups in total. The highest BCUT2D eigenvalue weighted by molar-refractivity contribution is 5.84. The molecule has 1 aromatic heterocycles. The number of aromatic nitrogens is 2. The zero-order valence-electron chi connectivity index (χ0n) is 12.2. The monoisotopic (exact) mass is 258 g/mol. The van der Waals surface area contributed by atoms with Crippen LogP contribution in [0, 0.1) is 11.8 Å². The standard InChI is InChI=1S/C16H22N2O/c1-5-18-14-9-7-6-8-13(14)17-16(18)10-15(19)12(4)11(2)3/h6-9,11-12H,5,10H2,1-4H3. The Morgan fingerprint density at radius 1 is 1.26 bits per heavy atom. The van der Waals surface area contributed by atoms with E-state index in [1.54, 1.807) is 0 Å². The fourth-order valence-electron chi connectivity index (χ4n) is 2.30. The SMILES string of the molecule is CCn1c(CC(=O)C(C)C(C)C)nc2ccccc21. The number of hydrogen-bond acceptors (Lipinski definition) is 2. The number of fused-ring (bicyclic) bond motifs is 1. The van der Waals surface area contributed by atoms with Crippen LogP contribution in [0.1, 0.15) is 33.5 Å². The second kappa shape index (κ2) is 5.55. The molecular weight excluding hydrogens is 236 g/mol. The van der Waals surface area contributed by atoms with Gasteiger partial charge in [0.15, 0.2) is 0 Å². The summed E-state index contributed by atoms with van der Waals surface area (Å²) in [5.74, 6) is 1.64. The lowest BCUT2D eigenvalue weighted by atomic mass is 9.92. The summed E-state index contributed by atoms with van der Waals surface area (Å²) >= 11 is 0. The summed E-state index contributed by atoms with van der Waals surface area (Å²) in [6.45, 7) is 9.12. The number of nitrogens with zero attached hydrogens (tertiary/aromatic N) is 2. The molecule has 0 fully saturated rings. The predicted molar refractivity (Wildman–Crippen MR) is 78.1 cm³/mol. The Kier molecular flexibility index (Phi) is 4.03. The lowest BCUT2D eigenvalue weighted by Gasteiger charge is -2.14. The van der Waals surface area contributed by atoms with E-state index in [0.717, 1.165) is 23.4 Å². The normalized spacial score (nSPS) is 13.1. The van der Waals surface area contributed by atoms with Crippen LogP contribution < -0.4 is 0 Å². The van der Waals surface area contributed by atoms with E-state index in [9.17, 15) is 4.79 Å². The molecule has 1 aromatic carbocycles. The fourth-order valence-corrected chi connectivity index (χ4v) is 2.30. The molecule has 0 radical (unpaired) electrons. The highest BCUT2D eigenvalue weighted by Gasteiger charge is 2.20. The molecule has 102 valence electrons. The highest BCUT2D eigenvalue weighted by atomic mass is 16.1. The second-order valence-corrected chi connectivity index (χ2v) is 5.44. The third-order valence-electron chi connectivity index (χ3n) is 3.89. The first-order chi connectivity index (χ1) is 9.04. The van der Waals surface area contributed by atoms with E-state index in [0.29, 0.717) is 12.3 Å². The fraction of sp³-hybridized carbons (Fsp3) is 0.500. The van der Waals surface area contributed by atoms with Crippen LogP contribution in [0.15, 0.2) is 24.3 Å². The van der Waals surface area contributed by atoms with Crippen LogP contribution in [0.5, 0.6) is 0 Å². The van der Waals surface area contributed by atoms with Crippen molar-refractivity contribution in [1.82, 2.24) is 9.55 Å². The molecule has 1 unspecified atom stereocenters. The van der Waals surface area contributed by atoms with Gasteiger partial charge in [0.1, 0.15) is 11.6 Å². The molecule has 0 saturated carbocycles. The van der Waals surface area contributed by atoms with E-state index >= 15 is 0 Å². The Bertz CT molecular complexity index is 583. The smallest absolute Gasteiger partial charge is 0.143 e. The largest absolute Gasteiger partial charge is 0.328 e. The molecule has 1 atom stereocenters. The molecule has 0 aliphatic heterocycles. The lowest BCUT2D eigenvalue weighted by molar-refractivity contribution is -0.123. The minimum absolute atomic E-state index is 0.0881. The molecule has 0 saturated heterocycles. The van der Waals surface area contributed by atoms with Crippen molar-refractivity contribution in [3.63, 3.8) is 0 Å². The van der Waals surface area contributed by atoms with E-state index in [1.165, 1.54) is 0 Å². The van der Waals surface area contributed by atoms with Crippen LogP contribution in [-0.4, -0.2) is 15.3 Å². The van der Waals surface area contributed by atoms with Crippen LogP contribution in [0.3, 0.4) is 0 Å². The average Bonchev–Trinajstić information content (AvgIpc) is 2.74. The Morgan fingerprint density at radius 2 is 1.95 bits per heavy atom. The third-order valence-corrected chi connectivity index (χ3v) is 3.89. The van der Waals surface area contributed by atoms with Gasteiger partial charge in [0.05, 0.1) is 17.5 Å². The predicted octanol–water partition coefficient (Wildman–Crippen LogP) is 3.46. The molecule has 0 amide bonds. The average molecular weight is 258 g/mol. The number of imidazole rings is 1. The number of carbonyl (C=O) groups excluding carboxylic acids is 1. The maximum atomic E-state index is 12.2. The van der Waals surface area contributed by atoms with E-state index in [1.807, 2.05) is 25.1 Å². The molecule has 3 heteroatoms. The first kappa shape index (κ1) is 13.8. The van der Waals surface area contributed by atoms with Crippen molar-refractivity contribution in [3.8, 4) is 0 Å². The number of benzene rings is 1. The summed E-state index contributed by atoms with van der Waals surface area (Å²) < 4.78 is 2.14. The minimum atomic E-state index is 0.0881. The summed E-state index contributed by atoms with van der Waals surface area (Å²) in [5.41, 5.74) is 2.09. The number of Topliss-reactive ketones (excluding diaryl/α,β-unsaturated/α-hetero) is 1. The first-order valence-corrected chi connectivity index (χ1v) is 7.01. The number of carbonyl (C=O) groups is 1. The summed E-state index contributed by atoms with van der Waals surface area (Å²) in [5, 5.41) is 0. The second-order valence-electron chi connectivity index (χ2n) is 5.44.